The second kappa shape index (κ2) is 7.28. The number of carbonyl (C=O) groups is 1. The molecule has 0 saturated carbocycles. The zero-order valence-corrected chi connectivity index (χ0v) is 11.9. The van der Waals surface area contributed by atoms with Gasteiger partial charge in [-0.1, -0.05) is 44.7 Å². The molecule has 0 unspecified atom stereocenters. The molecular weight excluding hydrogens is 264 g/mol. The van der Waals surface area contributed by atoms with E-state index in [4.69, 9.17) is 5.11 Å². The van der Waals surface area contributed by atoms with Gasteiger partial charge in [0.25, 0.3) is 0 Å². The Bertz CT molecular complexity index is 520. The second-order valence-electron chi connectivity index (χ2n) is 4.53. The number of hydrogen-bond acceptors (Lipinski definition) is 3. The molecule has 1 aromatic rings. The number of sulfone groups is 1. The molecule has 0 atom stereocenters. The van der Waals surface area contributed by atoms with Crippen molar-refractivity contribution in [2.45, 2.75) is 43.9 Å². The van der Waals surface area contributed by atoms with Crippen molar-refractivity contribution in [3.8, 4) is 0 Å². The van der Waals surface area contributed by atoms with E-state index >= 15 is 0 Å². The van der Waals surface area contributed by atoms with Crippen LogP contribution in [0.2, 0.25) is 0 Å². The fraction of sp³-hybridized carbons (Fsp3) is 0.500. The molecule has 1 rings (SSSR count). The molecule has 0 aliphatic rings. The molecule has 1 aromatic carbocycles. The smallest absolute Gasteiger partial charge is 0.337 e. The summed E-state index contributed by atoms with van der Waals surface area (Å²) in [4.78, 5) is 10.9. The van der Waals surface area contributed by atoms with Gasteiger partial charge in [0, 0.05) is 0 Å². The average Bonchev–Trinajstić information content (AvgIpc) is 2.38. The molecule has 106 valence electrons. The van der Waals surface area contributed by atoms with Gasteiger partial charge >= 0.3 is 5.97 Å². The molecule has 0 bridgehead atoms. The van der Waals surface area contributed by atoms with Crippen molar-refractivity contribution in [2.75, 3.05) is 5.75 Å². The average molecular weight is 284 g/mol. The van der Waals surface area contributed by atoms with Crippen LogP contribution in [0.1, 0.15) is 49.4 Å². The summed E-state index contributed by atoms with van der Waals surface area (Å²) in [6.45, 7) is 2.10. The summed E-state index contributed by atoms with van der Waals surface area (Å²) in [5.74, 6) is -1.19. The number of carboxylic acids is 1. The molecule has 0 saturated heterocycles. The zero-order valence-electron chi connectivity index (χ0n) is 11.1. The lowest BCUT2D eigenvalue weighted by molar-refractivity contribution is 0.0692. The maximum atomic E-state index is 12.1. The SMILES string of the molecule is CCCCCCCS(=O)(=O)c1ccccc1C(=O)O. The first-order chi connectivity index (χ1) is 8.99. The van der Waals surface area contributed by atoms with Gasteiger partial charge in [0.2, 0.25) is 0 Å². The first-order valence-corrected chi connectivity index (χ1v) is 8.19. The first kappa shape index (κ1) is 15.7. The van der Waals surface area contributed by atoms with Crippen molar-refractivity contribution < 1.29 is 18.3 Å². The molecule has 0 aromatic heterocycles. The van der Waals surface area contributed by atoms with E-state index < -0.39 is 15.8 Å². The van der Waals surface area contributed by atoms with Crippen LogP contribution in [0.15, 0.2) is 29.2 Å². The van der Waals surface area contributed by atoms with Gasteiger partial charge in [-0.15, -0.1) is 0 Å². The van der Waals surface area contributed by atoms with Crippen LogP contribution in [-0.4, -0.2) is 25.2 Å². The minimum absolute atomic E-state index is 0.0149. The summed E-state index contributed by atoms with van der Waals surface area (Å²) in [6, 6.07) is 5.78. The van der Waals surface area contributed by atoms with E-state index in [9.17, 15) is 13.2 Å². The molecule has 0 spiro atoms. The highest BCUT2D eigenvalue weighted by atomic mass is 32.2. The highest BCUT2D eigenvalue weighted by Gasteiger charge is 2.21. The molecule has 1 N–H and O–H groups in total. The number of hydrogen-bond donors (Lipinski definition) is 1. The topological polar surface area (TPSA) is 71.4 Å². The summed E-state index contributed by atoms with van der Waals surface area (Å²) >= 11 is 0. The Kier molecular flexibility index (Phi) is 6.02. The molecule has 0 amide bonds. The summed E-state index contributed by atoms with van der Waals surface area (Å²) in [5, 5.41) is 9.01. The van der Waals surface area contributed by atoms with Gasteiger partial charge in [-0.2, -0.15) is 0 Å². The lowest BCUT2D eigenvalue weighted by atomic mass is 10.2. The van der Waals surface area contributed by atoms with Crippen LogP contribution in [0.25, 0.3) is 0 Å². The van der Waals surface area contributed by atoms with Gasteiger partial charge in [0.15, 0.2) is 9.84 Å². The third-order valence-corrected chi connectivity index (χ3v) is 4.82. The van der Waals surface area contributed by atoms with Crippen LogP contribution in [0.4, 0.5) is 0 Å². The van der Waals surface area contributed by atoms with Crippen molar-refractivity contribution >= 4 is 15.8 Å². The monoisotopic (exact) mass is 284 g/mol. The van der Waals surface area contributed by atoms with E-state index in [0.29, 0.717) is 6.42 Å². The van der Waals surface area contributed by atoms with Crippen LogP contribution in [-0.2, 0) is 9.84 Å². The Hall–Kier alpha value is -1.36. The second-order valence-corrected chi connectivity index (χ2v) is 6.61. The maximum absolute atomic E-state index is 12.1. The van der Waals surface area contributed by atoms with E-state index in [2.05, 4.69) is 6.92 Å². The van der Waals surface area contributed by atoms with Crippen molar-refractivity contribution in [3.05, 3.63) is 29.8 Å². The van der Waals surface area contributed by atoms with Crippen LogP contribution in [0.3, 0.4) is 0 Å². The zero-order chi connectivity index (χ0) is 14.3. The maximum Gasteiger partial charge on any atom is 0.337 e. The third kappa shape index (κ3) is 4.67. The summed E-state index contributed by atoms with van der Waals surface area (Å²) < 4.78 is 24.3. The number of aromatic carboxylic acids is 1. The van der Waals surface area contributed by atoms with Crippen LogP contribution in [0, 0.1) is 0 Å². The van der Waals surface area contributed by atoms with Gasteiger partial charge in [0.1, 0.15) is 0 Å². The highest BCUT2D eigenvalue weighted by molar-refractivity contribution is 7.91. The van der Waals surface area contributed by atoms with E-state index in [1.54, 1.807) is 6.07 Å². The van der Waals surface area contributed by atoms with Crippen molar-refractivity contribution in [2.24, 2.45) is 0 Å². The first-order valence-electron chi connectivity index (χ1n) is 6.54. The van der Waals surface area contributed by atoms with Crippen LogP contribution >= 0.6 is 0 Å². The standard InChI is InChI=1S/C14H20O4S/c1-2-3-4-5-8-11-19(17,18)13-10-7-6-9-12(13)14(15)16/h6-7,9-10H,2-5,8,11H2,1H3,(H,15,16). The van der Waals surface area contributed by atoms with Crippen molar-refractivity contribution in [1.82, 2.24) is 0 Å². The largest absolute Gasteiger partial charge is 0.478 e. The van der Waals surface area contributed by atoms with E-state index in [-0.39, 0.29) is 16.2 Å². The van der Waals surface area contributed by atoms with Gasteiger partial charge in [0.05, 0.1) is 16.2 Å². The normalized spacial score (nSPS) is 11.4. The van der Waals surface area contributed by atoms with E-state index in [1.807, 2.05) is 0 Å². The number of rotatable bonds is 8. The van der Waals surface area contributed by atoms with Crippen molar-refractivity contribution in [1.29, 1.82) is 0 Å². The quantitative estimate of drug-likeness (QED) is 0.744. The van der Waals surface area contributed by atoms with Crippen LogP contribution in [0.5, 0.6) is 0 Å². The summed E-state index contributed by atoms with van der Waals surface area (Å²) in [7, 11) is -3.50. The molecule has 0 aliphatic carbocycles. The highest BCUT2D eigenvalue weighted by Crippen LogP contribution is 2.18. The van der Waals surface area contributed by atoms with Crippen molar-refractivity contribution in [3.63, 3.8) is 0 Å². The fourth-order valence-electron chi connectivity index (χ4n) is 1.92. The predicted octanol–water partition coefficient (Wildman–Crippen LogP) is 3.13. The number of benzene rings is 1. The molecule has 0 fully saturated rings. The molecule has 5 heteroatoms. The third-order valence-electron chi connectivity index (χ3n) is 2.97. The number of carboxylic acid groups (broad SMARTS) is 1. The lowest BCUT2D eigenvalue weighted by Gasteiger charge is -2.07. The molecular formula is C14H20O4S. The van der Waals surface area contributed by atoms with Crippen LogP contribution < -0.4 is 0 Å². The summed E-state index contributed by atoms with van der Waals surface area (Å²) in [5.41, 5.74) is -0.143. The molecule has 4 nitrogen and oxygen atoms in total. The predicted molar refractivity (Wildman–Crippen MR) is 74.2 cm³/mol. The molecule has 0 radical (unpaired) electrons. The van der Waals surface area contributed by atoms with Gasteiger partial charge in [-0.25, -0.2) is 13.2 Å². The lowest BCUT2D eigenvalue weighted by Crippen LogP contribution is -2.12. The Morgan fingerprint density at radius 1 is 1.11 bits per heavy atom. The summed E-state index contributed by atoms with van der Waals surface area (Å²) in [6.07, 6.45) is 4.67. The Morgan fingerprint density at radius 2 is 1.74 bits per heavy atom. The van der Waals surface area contributed by atoms with Gasteiger partial charge in [-0.05, 0) is 18.6 Å². The number of unbranched alkanes of at least 4 members (excludes halogenated alkanes) is 4. The van der Waals surface area contributed by atoms with E-state index in [1.165, 1.54) is 18.2 Å². The molecule has 0 heterocycles. The Balaban J connectivity index is 2.75. The Labute approximate surface area is 114 Å². The van der Waals surface area contributed by atoms with E-state index in [0.717, 1.165) is 25.7 Å². The molecule has 0 aliphatic heterocycles. The Morgan fingerprint density at radius 3 is 2.37 bits per heavy atom. The minimum Gasteiger partial charge on any atom is -0.478 e. The molecule has 19 heavy (non-hydrogen) atoms. The van der Waals surface area contributed by atoms with Gasteiger partial charge in [-0.3, -0.25) is 0 Å². The fourth-order valence-corrected chi connectivity index (χ4v) is 3.50. The minimum atomic E-state index is -3.50. The van der Waals surface area contributed by atoms with Gasteiger partial charge < -0.3 is 5.11 Å².